The van der Waals surface area contributed by atoms with Gasteiger partial charge in [0.25, 0.3) is 5.91 Å². The van der Waals surface area contributed by atoms with Crippen LogP contribution in [0.2, 0.25) is 0 Å². The first-order chi connectivity index (χ1) is 17.9. The van der Waals surface area contributed by atoms with Gasteiger partial charge in [0.2, 0.25) is 11.1 Å². The summed E-state index contributed by atoms with van der Waals surface area (Å²) in [6, 6.07) is 10.2. The summed E-state index contributed by atoms with van der Waals surface area (Å²) in [4.78, 5) is 43.1. The fraction of sp³-hybridized carbons (Fsp3) is 0.280. The Morgan fingerprint density at radius 3 is 2.81 bits per heavy atom. The molecule has 190 valence electrons. The highest BCUT2D eigenvalue weighted by Gasteiger charge is 2.36. The Bertz CT molecular complexity index is 1370. The van der Waals surface area contributed by atoms with E-state index in [1.807, 2.05) is 0 Å². The first kappa shape index (κ1) is 24.7. The summed E-state index contributed by atoms with van der Waals surface area (Å²) in [5, 5.41) is 14.9. The number of ether oxygens (including phenoxy) is 2. The fourth-order valence-corrected chi connectivity index (χ4v) is 4.77. The summed E-state index contributed by atoms with van der Waals surface area (Å²) < 4.78 is 16.2. The number of furan rings is 1. The summed E-state index contributed by atoms with van der Waals surface area (Å²) in [5.74, 6) is -0.444. The number of hydrazone groups is 1. The SMILES string of the molecule is CCOC(=O)c1cccc(-c2ccc(/C=C3/C(=N)N4N=C(CC(=O)N5CCOCC5)SC4=NC3=O)o2)c1. The Balaban J connectivity index is 1.32. The second-order valence-corrected chi connectivity index (χ2v) is 9.23. The molecule has 1 aromatic carbocycles. The van der Waals surface area contributed by atoms with Crippen molar-refractivity contribution in [2.24, 2.45) is 10.1 Å². The topological polar surface area (TPSA) is 138 Å². The van der Waals surface area contributed by atoms with Gasteiger partial charge in [0.15, 0.2) is 5.84 Å². The van der Waals surface area contributed by atoms with Crippen LogP contribution in [0.3, 0.4) is 0 Å². The first-order valence-electron chi connectivity index (χ1n) is 11.6. The number of hydrogen-bond donors (Lipinski definition) is 1. The average Bonchev–Trinajstić information content (AvgIpc) is 3.54. The van der Waals surface area contributed by atoms with E-state index in [0.29, 0.717) is 54.0 Å². The molecule has 0 aliphatic carbocycles. The second-order valence-electron chi connectivity index (χ2n) is 8.19. The third-order valence-electron chi connectivity index (χ3n) is 5.73. The van der Waals surface area contributed by atoms with Gasteiger partial charge in [0.05, 0.1) is 37.4 Å². The van der Waals surface area contributed by atoms with E-state index in [-0.39, 0.29) is 35.5 Å². The summed E-state index contributed by atoms with van der Waals surface area (Å²) in [6.45, 7) is 4.08. The third kappa shape index (κ3) is 5.25. The van der Waals surface area contributed by atoms with Gasteiger partial charge in [-0.2, -0.15) is 15.1 Å². The van der Waals surface area contributed by atoms with Crippen LogP contribution in [-0.2, 0) is 19.1 Å². The number of hydrogen-bond acceptors (Lipinski definition) is 9. The van der Waals surface area contributed by atoms with E-state index >= 15 is 0 Å². The minimum atomic E-state index is -0.595. The largest absolute Gasteiger partial charge is 0.462 e. The van der Waals surface area contributed by atoms with E-state index in [1.165, 1.54) is 11.1 Å². The molecule has 0 atom stereocenters. The van der Waals surface area contributed by atoms with Gasteiger partial charge in [-0.15, -0.1) is 0 Å². The highest BCUT2D eigenvalue weighted by Crippen LogP contribution is 2.31. The Hall–Kier alpha value is -4.03. The summed E-state index contributed by atoms with van der Waals surface area (Å²) in [7, 11) is 0. The molecule has 1 N–H and O–H groups in total. The van der Waals surface area contributed by atoms with Crippen molar-refractivity contribution in [3.8, 4) is 11.3 Å². The second kappa shape index (κ2) is 10.5. The van der Waals surface area contributed by atoms with Gasteiger partial charge >= 0.3 is 5.97 Å². The number of nitrogens with zero attached hydrogens (tertiary/aromatic N) is 4. The van der Waals surface area contributed by atoms with Gasteiger partial charge in [0.1, 0.15) is 16.6 Å². The van der Waals surface area contributed by atoms with Crippen LogP contribution < -0.4 is 0 Å². The van der Waals surface area contributed by atoms with E-state index in [2.05, 4.69) is 10.1 Å². The van der Waals surface area contributed by atoms with Crippen molar-refractivity contribution < 1.29 is 28.3 Å². The number of carbonyl (C=O) groups excluding carboxylic acids is 3. The predicted molar refractivity (Wildman–Crippen MR) is 137 cm³/mol. The number of amides is 2. The number of esters is 1. The number of aliphatic imine (C=N–C) groups is 1. The zero-order valence-corrected chi connectivity index (χ0v) is 20.7. The van der Waals surface area contributed by atoms with Crippen LogP contribution in [-0.4, -0.2) is 76.6 Å². The highest BCUT2D eigenvalue weighted by molar-refractivity contribution is 8.27. The van der Waals surface area contributed by atoms with Crippen molar-refractivity contribution in [1.82, 2.24) is 9.91 Å². The molecule has 0 saturated carbocycles. The predicted octanol–water partition coefficient (Wildman–Crippen LogP) is 2.99. The molecule has 4 heterocycles. The van der Waals surface area contributed by atoms with Gasteiger partial charge in [-0.05, 0) is 49.0 Å². The molecule has 1 aromatic heterocycles. The van der Waals surface area contributed by atoms with E-state index in [1.54, 1.807) is 48.2 Å². The minimum absolute atomic E-state index is 0.00929. The van der Waals surface area contributed by atoms with Crippen LogP contribution in [0.25, 0.3) is 17.4 Å². The van der Waals surface area contributed by atoms with Crippen molar-refractivity contribution in [1.29, 1.82) is 5.41 Å². The van der Waals surface area contributed by atoms with Gasteiger partial charge in [-0.3, -0.25) is 15.0 Å². The van der Waals surface area contributed by atoms with Gasteiger partial charge < -0.3 is 18.8 Å². The maximum Gasteiger partial charge on any atom is 0.338 e. The van der Waals surface area contributed by atoms with E-state index < -0.39 is 11.9 Å². The molecule has 2 amide bonds. The molecule has 1 saturated heterocycles. The lowest BCUT2D eigenvalue weighted by Gasteiger charge is -2.26. The Morgan fingerprint density at radius 2 is 2.03 bits per heavy atom. The molecule has 3 aliphatic rings. The van der Waals surface area contributed by atoms with Crippen molar-refractivity contribution in [2.75, 3.05) is 32.9 Å². The van der Waals surface area contributed by atoms with Gasteiger partial charge in [-0.1, -0.05) is 12.1 Å². The molecule has 2 aromatic rings. The van der Waals surface area contributed by atoms with Gasteiger partial charge in [0, 0.05) is 18.7 Å². The number of fused-ring (bicyclic) bond motifs is 1. The van der Waals surface area contributed by atoms with Crippen LogP contribution in [0.4, 0.5) is 0 Å². The number of benzene rings is 1. The molecule has 0 radical (unpaired) electrons. The molecule has 1 fully saturated rings. The Labute approximate surface area is 216 Å². The molecule has 11 nitrogen and oxygen atoms in total. The molecule has 0 bridgehead atoms. The monoisotopic (exact) mass is 521 g/mol. The van der Waals surface area contributed by atoms with Crippen molar-refractivity contribution in [3.63, 3.8) is 0 Å². The van der Waals surface area contributed by atoms with E-state index in [4.69, 9.17) is 19.3 Å². The van der Waals surface area contributed by atoms with E-state index in [0.717, 1.165) is 11.8 Å². The van der Waals surface area contributed by atoms with Gasteiger partial charge in [-0.25, -0.2) is 4.79 Å². The zero-order valence-electron chi connectivity index (χ0n) is 19.9. The molecule has 5 rings (SSSR count). The molecular formula is C25H23N5O6S. The van der Waals surface area contributed by atoms with Crippen molar-refractivity contribution in [2.45, 2.75) is 13.3 Å². The third-order valence-corrected chi connectivity index (χ3v) is 6.64. The lowest BCUT2D eigenvalue weighted by atomic mass is 10.1. The average molecular weight is 522 g/mol. The maximum atomic E-state index is 12.7. The number of rotatable bonds is 6. The summed E-state index contributed by atoms with van der Waals surface area (Å²) in [6.07, 6.45) is 1.49. The van der Waals surface area contributed by atoms with Crippen LogP contribution in [0.5, 0.6) is 0 Å². The van der Waals surface area contributed by atoms with Crippen molar-refractivity contribution >= 4 is 51.7 Å². The zero-order chi connectivity index (χ0) is 25.9. The molecule has 37 heavy (non-hydrogen) atoms. The van der Waals surface area contributed by atoms with Crippen LogP contribution in [0, 0.1) is 5.41 Å². The highest BCUT2D eigenvalue weighted by atomic mass is 32.2. The number of amidine groups is 2. The number of morpholine rings is 1. The minimum Gasteiger partial charge on any atom is -0.462 e. The summed E-state index contributed by atoms with van der Waals surface area (Å²) in [5.41, 5.74) is 1.07. The smallest absolute Gasteiger partial charge is 0.338 e. The molecule has 0 unspecified atom stereocenters. The standard InChI is InChI=1S/C25H23N5O6S/c1-2-35-24(33)16-5-3-4-15(12-16)19-7-6-17(36-19)13-18-22(26)30-25(27-23(18)32)37-20(28-30)14-21(31)29-8-10-34-11-9-29/h3-7,12-13,26H,2,8-11,14H2,1H3/b18-13-,26-22?. The molecule has 0 spiro atoms. The fourth-order valence-electron chi connectivity index (χ4n) is 3.90. The maximum absolute atomic E-state index is 12.7. The molecular weight excluding hydrogens is 498 g/mol. The lowest BCUT2D eigenvalue weighted by molar-refractivity contribution is -0.133. The Kier molecular flexibility index (Phi) is 7.01. The number of carbonyl (C=O) groups is 3. The van der Waals surface area contributed by atoms with Crippen LogP contribution >= 0.6 is 11.8 Å². The normalized spacial score (nSPS) is 18.6. The van der Waals surface area contributed by atoms with E-state index in [9.17, 15) is 14.4 Å². The van der Waals surface area contributed by atoms with Crippen molar-refractivity contribution in [3.05, 3.63) is 53.3 Å². The Morgan fingerprint density at radius 1 is 1.22 bits per heavy atom. The lowest BCUT2D eigenvalue weighted by Crippen LogP contribution is -2.41. The quantitative estimate of drug-likeness (QED) is 0.452. The van der Waals surface area contributed by atoms with Crippen LogP contribution in [0.15, 0.2) is 56.5 Å². The van der Waals surface area contributed by atoms with Crippen LogP contribution in [0.1, 0.15) is 29.5 Å². The number of thioether (sulfide) groups is 1. The first-order valence-corrected chi connectivity index (χ1v) is 12.5. The molecule has 3 aliphatic heterocycles. The molecule has 12 heteroatoms. The summed E-state index contributed by atoms with van der Waals surface area (Å²) >= 11 is 1.11. The number of nitrogens with one attached hydrogen (secondary N) is 1.